The van der Waals surface area contributed by atoms with E-state index in [2.05, 4.69) is 20.9 Å². The first-order valence-corrected chi connectivity index (χ1v) is 8.30. The van der Waals surface area contributed by atoms with Gasteiger partial charge in [-0.3, -0.25) is 19.8 Å². The van der Waals surface area contributed by atoms with Crippen molar-refractivity contribution in [1.29, 1.82) is 0 Å². The van der Waals surface area contributed by atoms with Crippen molar-refractivity contribution < 1.29 is 18.4 Å². The quantitative estimate of drug-likeness (QED) is 0.615. The van der Waals surface area contributed by atoms with Gasteiger partial charge in [-0.15, -0.1) is 24.8 Å². The first-order chi connectivity index (χ1) is 10.9. The van der Waals surface area contributed by atoms with Crippen molar-refractivity contribution in [3.8, 4) is 0 Å². The molecule has 10 heteroatoms. The predicted molar refractivity (Wildman–Crippen MR) is 96.8 cm³/mol. The van der Waals surface area contributed by atoms with Gasteiger partial charge >= 0.3 is 0 Å². The number of carbonyl (C=O) groups excluding carboxylic acids is 2. The lowest BCUT2D eigenvalue weighted by atomic mass is 10.0. The molecule has 2 heterocycles. The number of halogens is 4. The average molecular weight is 405 g/mol. The van der Waals surface area contributed by atoms with E-state index in [-0.39, 0.29) is 42.7 Å². The van der Waals surface area contributed by atoms with Crippen molar-refractivity contribution in [2.75, 3.05) is 32.7 Å². The second-order valence-electron chi connectivity index (χ2n) is 6.40. The second kappa shape index (κ2) is 11.1. The van der Waals surface area contributed by atoms with Gasteiger partial charge in [0.25, 0.3) is 5.92 Å². The number of nitrogens with one attached hydrogen (secondary N) is 3. The van der Waals surface area contributed by atoms with Gasteiger partial charge in [-0.1, -0.05) is 6.92 Å². The Balaban J connectivity index is 0.00000288. The molecule has 25 heavy (non-hydrogen) atoms. The third kappa shape index (κ3) is 8.02. The van der Waals surface area contributed by atoms with E-state index in [1.54, 1.807) is 0 Å². The number of hydrogen-bond acceptors (Lipinski definition) is 4. The lowest BCUT2D eigenvalue weighted by Gasteiger charge is -2.32. The van der Waals surface area contributed by atoms with E-state index in [0.29, 0.717) is 13.1 Å². The normalized spacial score (nSPS) is 23.2. The average Bonchev–Trinajstić information content (AvgIpc) is 2.87. The van der Waals surface area contributed by atoms with Crippen LogP contribution in [0.3, 0.4) is 0 Å². The van der Waals surface area contributed by atoms with Gasteiger partial charge in [-0.2, -0.15) is 0 Å². The summed E-state index contributed by atoms with van der Waals surface area (Å²) < 4.78 is 26.2. The van der Waals surface area contributed by atoms with E-state index in [4.69, 9.17) is 0 Å². The number of carbonyl (C=O) groups is 2. The van der Waals surface area contributed by atoms with Crippen LogP contribution in [-0.4, -0.2) is 67.4 Å². The molecule has 148 valence electrons. The molecular weight excluding hydrogens is 377 g/mol. The van der Waals surface area contributed by atoms with E-state index in [1.165, 1.54) is 0 Å². The maximum Gasteiger partial charge on any atom is 0.262 e. The van der Waals surface area contributed by atoms with Crippen molar-refractivity contribution in [2.24, 2.45) is 0 Å². The fourth-order valence-corrected chi connectivity index (χ4v) is 2.96. The number of alkyl halides is 2. The van der Waals surface area contributed by atoms with Crippen LogP contribution in [0.4, 0.5) is 8.78 Å². The van der Waals surface area contributed by atoms with Crippen LogP contribution in [-0.2, 0) is 9.59 Å². The zero-order valence-corrected chi connectivity index (χ0v) is 16.0. The monoisotopic (exact) mass is 404 g/mol. The summed E-state index contributed by atoms with van der Waals surface area (Å²) in [5, 5.41) is 8.25. The molecule has 0 radical (unpaired) electrons. The van der Waals surface area contributed by atoms with Gasteiger partial charge in [0.15, 0.2) is 0 Å². The Hall–Kier alpha value is -0.700. The number of piperidine rings is 1. The maximum atomic E-state index is 13.1. The van der Waals surface area contributed by atoms with Crippen LogP contribution in [0.25, 0.3) is 0 Å². The third-order valence-electron chi connectivity index (χ3n) is 4.30. The largest absolute Gasteiger partial charge is 0.355 e. The number of rotatable bonds is 6. The van der Waals surface area contributed by atoms with Crippen molar-refractivity contribution in [2.45, 2.75) is 50.6 Å². The van der Waals surface area contributed by atoms with Crippen molar-refractivity contribution in [3.05, 3.63) is 0 Å². The molecule has 0 bridgehead atoms. The molecule has 0 aromatic rings. The smallest absolute Gasteiger partial charge is 0.262 e. The minimum Gasteiger partial charge on any atom is -0.355 e. The van der Waals surface area contributed by atoms with E-state index in [0.717, 1.165) is 32.4 Å². The van der Waals surface area contributed by atoms with Gasteiger partial charge < -0.3 is 10.6 Å². The highest BCUT2D eigenvalue weighted by Gasteiger charge is 2.42. The van der Waals surface area contributed by atoms with Gasteiger partial charge in [0.05, 0.1) is 19.1 Å². The molecule has 2 aliphatic rings. The number of amides is 2. The second-order valence-corrected chi connectivity index (χ2v) is 6.40. The van der Waals surface area contributed by atoms with Crippen LogP contribution >= 0.6 is 24.8 Å². The van der Waals surface area contributed by atoms with Gasteiger partial charge in [0, 0.05) is 32.1 Å². The third-order valence-corrected chi connectivity index (χ3v) is 4.30. The zero-order chi connectivity index (χ0) is 16.9. The van der Waals surface area contributed by atoms with E-state index in [1.807, 2.05) is 6.92 Å². The van der Waals surface area contributed by atoms with Crippen LogP contribution in [0, 0.1) is 0 Å². The standard InChI is InChI=1S/C15H26F2N4O2.2ClH/c1-2-5-18-13(22)9-21-6-3-11(4-7-21)20-14(23)12-8-15(16,17)10-19-12;;/h11-12,19H,2-10H2,1H3,(H,18,22)(H,20,23);2*1H. The molecule has 0 saturated carbocycles. The Morgan fingerprint density at radius 2 is 1.88 bits per heavy atom. The number of nitrogens with zero attached hydrogens (tertiary/aromatic N) is 1. The summed E-state index contributed by atoms with van der Waals surface area (Å²) in [6.07, 6.45) is 1.94. The molecule has 6 nitrogen and oxygen atoms in total. The molecule has 2 fully saturated rings. The molecule has 2 aliphatic heterocycles. The van der Waals surface area contributed by atoms with Gasteiger partial charge in [0.2, 0.25) is 11.8 Å². The summed E-state index contributed by atoms with van der Waals surface area (Å²) >= 11 is 0. The number of likely N-dealkylation sites (tertiary alicyclic amines) is 1. The summed E-state index contributed by atoms with van der Waals surface area (Å²) in [6.45, 7) is 4.07. The Morgan fingerprint density at radius 3 is 2.40 bits per heavy atom. The first-order valence-electron chi connectivity index (χ1n) is 8.30. The topological polar surface area (TPSA) is 73.5 Å². The van der Waals surface area contributed by atoms with E-state index < -0.39 is 24.9 Å². The fraction of sp³-hybridized carbons (Fsp3) is 0.867. The molecule has 2 amide bonds. The van der Waals surface area contributed by atoms with Gasteiger partial charge in [-0.05, 0) is 19.3 Å². The van der Waals surface area contributed by atoms with Crippen LogP contribution in [0.1, 0.15) is 32.6 Å². The highest BCUT2D eigenvalue weighted by molar-refractivity contribution is 5.85. The summed E-state index contributed by atoms with van der Waals surface area (Å²) in [5.74, 6) is -3.12. The minimum atomic E-state index is -2.79. The van der Waals surface area contributed by atoms with Gasteiger partial charge in [-0.25, -0.2) is 8.78 Å². The molecular formula is C15H28Cl2F2N4O2. The lowest BCUT2D eigenvalue weighted by Crippen LogP contribution is -2.50. The minimum absolute atomic E-state index is 0. The van der Waals surface area contributed by atoms with Crippen LogP contribution in [0.2, 0.25) is 0 Å². The van der Waals surface area contributed by atoms with Crippen LogP contribution < -0.4 is 16.0 Å². The van der Waals surface area contributed by atoms with Crippen molar-refractivity contribution in [3.63, 3.8) is 0 Å². The summed E-state index contributed by atoms with van der Waals surface area (Å²) in [5.41, 5.74) is 0. The Kier molecular flexibility index (Phi) is 10.8. The highest BCUT2D eigenvalue weighted by atomic mass is 35.5. The van der Waals surface area contributed by atoms with Crippen molar-refractivity contribution >= 4 is 36.6 Å². The van der Waals surface area contributed by atoms with Gasteiger partial charge in [0.1, 0.15) is 0 Å². The molecule has 2 saturated heterocycles. The molecule has 0 spiro atoms. The Bertz CT molecular complexity index is 436. The SMILES string of the molecule is CCCNC(=O)CN1CCC(NC(=O)C2CC(F)(F)CN2)CC1.Cl.Cl. The van der Waals surface area contributed by atoms with Crippen LogP contribution in [0.15, 0.2) is 0 Å². The molecule has 1 atom stereocenters. The number of hydrogen-bond donors (Lipinski definition) is 3. The van der Waals surface area contributed by atoms with Crippen LogP contribution in [0.5, 0.6) is 0 Å². The molecule has 1 unspecified atom stereocenters. The van der Waals surface area contributed by atoms with E-state index in [9.17, 15) is 18.4 Å². The van der Waals surface area contributed by atoms with E-state index >= 15 is 0 Å². The first kappa shape index (κ1) is 24.3. The molecule has 2 rings (SSSR count). The zero-order valence-electron chi connectivity index (χ0n) is 14.4. The summed E-state index contributed by atoms with van der Waals surface area (Å²) in [4.78, 5) is 25.7. The molecule has 0 aromatic carbocycles. The molecule has 0 aliphatic carbocycles. The van der Waals surface area contributed by atoms with Crippen molar-refractivity contribution in [1.82, 2.24) is 20.9 Å². The fourth-order valence-electron chi connectivity index (χ4n) is 2.96. The summed E-state index contributed by atoms with van der Waals surface area (Å²) in [7, 11) is 0. The Labute approximate surface area is 159 Å². The predicted octanol–water partition coefficient (Wildman–Crippen LogP) is 0.934. The summed E-state index contributed by atoms with van der Waals surface area (Å²) in [6, 6.07) is -0.809. The highest BCUT2D eigenvalue weighted by Crippen LogP contribution is 2.25. The molecule has 0 aromatic heterocycles. The maximum absolute atomic E-state index is 13.1. The lowest BCUT2D eigenvalue weighted by molar-refractivity contribution is -0.125. The molecule has 3 N–H and O–H groups in total. The Morgan fingerprint density at radius 1 is 1.24 bits per heavy atom.